The molecule has 0 fully saturated rings. The van der Waals surface area contributed by atoms with Gasteiger partial charge in [0.15, 0.2) is 5.78 Å². The molecular formula is C42H37N3O6. The van der Waals surface area contributed by atoms with Gasteiger partial charge in [-0.2, -0.15) is 0 Å². The third kappa shape index (κ3) is 8.76. The van der Waals surface area contributed by atoms with Gasteiger partial charge >= 0.3 is 5.97 Å². The number of anilines is 1. The van der Waals surface area contributed by atoms with Gasteiger partial charge in [-0.3, -0.25) is 9.59 Å². The van der Waals surface area contributed by atoms with Crippen LogP contribution in [0, 0.1) is 6.92 Å². The van der Waals surface area contributed by atoms with E-state index in [-0.39, 0.29) is 29.5 Å². The molecule has 0 aliphatic carbocycles. The zero-order valence-electron chi connectivity index (χ0n) is 28.0. The predicted octanol–water partition coefficient (Wildman–Crippen LogP) is 7.65. The molecule has 0 saturated heterocycles. The molecule has 1 aromatic heterocycles. The van der Waals surface area contributed by atoms with E-state index in [1.54, 1.807) is 30.3 Å². The molecule has 5 aromatic carbocycles. The number of hydrogen-bond donors (Lipinski definition) is 3. The molecule has 0 saturated carbocycles. The molecule has 1 heterocycles. The number of aryl methyl sites for hydroxylation is 1. The molecule has 51 heavy (non-hydrogen) atoms. The predicted molar refractivity (Wildman–Crippen MR) is 195 cm³/mol. The number of hydrogen-bond acceptors (Lipinski definition) is 7. The van der Waals surface area contributed by atoms with E-state index in [1.807, 2.05) is 97.9 Å². The number of carboxylic acid groups (broad SMARTS) is 1. The number of aromatic carboxylic acids is 1. The fraction of sp³-hybridized carbons (Fsp3) is 0.143. The summed E-state index contributed by atoms with van der Waals surface area (Å²) in [5, 5.41) is 16.0. The number of amides is 1. The van der Waals surface area contributed by atoms with E-state index in [9.17, 15) is 19.5 Å². The summed E-state index contributed by atoms with van der Waals surface area (Å²) in [4.78, 5) is 43.1. The quantitative estimate of drug-likeness (QED) is 0.0944. The number of carbonyl (C=O) groups excluding carboxylic acids is 2. The number of benzene rings is 5. The van der Waals surface area contributed by atoms with Crippen molar-refractivity contribution in [3.63, 3.8) is 0 Å². The maximum atomic E-state index is 13.5. The maximum absolute atomic E-state index is 13.5. The SMILES string of the molecule is Cc1oc(-c2ccccc2)nc1CCOc1ccc(C[C@@H](CNC(=O)c2ccccc2C(=O)O)Nc2ccccc2C(=O)c2ccccc2)cc1. The summed E-state index contributed by atoms with van der Waals surface area (Å²) >= 11 is 0. The zero-order valence-corrected chi connectivity index (χ0v) is 28.0. The molecule has 0 bridgehead atoms. The number of para-hydroxylation sites is 1. The number of carbonyl (C=O) groups is 3. The van der Waals surface area contributed by atoms with E-state index in [4.69, 9.17) is 9.15 Å². The molecule has 0 spiro atoms. The van der Waals surface area contributed by atoms with Crippen molar-refractivity contribution >= 4 is 23.3 Å². The van der Waals surface area contributed by atoms with Crippen molar-refractivity contribution in [3.8, 4) is 17.2 Å². The van der Waals surface area contributed by atoms with E-state index in [2.05, 4.69) is 15.6 Å². The normalized spacial score (nSPS) is 11.4. The first-order chi connectivity index (χ1) is 24.9. The second-order valence-electron chi connectivity index (χ2n) is 12.0. The highest BCUT2D eigenvalue weighted by Crippen LogP contribution is 2.24. The van der Waals surface area contributed by atoms with Crippen molar-refractivity contribution < 1.29 is 28.6 Å². The fourth-order valence-electron chi connectivity index (χ4n) is 5.76. The van der Waals surface area contributed by atoms with Gasteiger partial charge in [-0.25, -0.2) is 9.78 Å². The van der Waals surface area contributed by atoms with E-state index < -0.39 is 11.9 Å². The minimum atomic E-state index is -1.18. The average Bonchev–Trinajstić information content (AvgIpc) is 3.54. The number of aromatic nitrogens is 1. The highest BCUT2D eigenvalue weighted by molar-refractivity contribution is 6.12. The lowest BCUT2D eigenvalue weighted by Gasteiger charge is -2.23. The Kier molecular flexibility index (Phi) is 11.0. The number of nitrogens with one attached hydrogen (secondary N) is 2. The molecule has 6 aromatic rings. The number of ether oxygens (including phenoxy) is 1. The lowest BCUT2D eigenvalue weighted by Crippen LogP contribution is -2.38. The summed E-state index contributed by atoms with van der Waals surface area (Å²) in [5.41, 5.74) is 4.41. The average molecular weight is 680 g/mol. The van der Waals surface area contributed by atoms with Crippen LogP contribution in [0.3, 0.4) is 0 Å². The molecule has 9 heteroatoms. The number of oxazole rings is 1. The molecular weight excluding hydrogens is 642 g/mol. The van der Waals surface area contributed by atoms with Gasteiger partial charge in [-0.1, -0.05) is 84.9 Å². The van der Waals surface area contributed by atoms with Gasteiger partial charge in [0.2, 0.25) is 5.89 Å². The van der Waals surface area contributed by atoms with Crippen LogP contribution in [0.5, 0.6) is 5.75 Å². The van der Waals surface area contributed by atoms with Crippen LogP contribution in [0.15, 0.2) is 138 Å². The Labute approximate surface area is 296 Å². The molecule has 0 aliphatic heterocycles. The smallest absolute Gasteiger partial charge is 0.336 e. The first-order valence-electron chi connectivity index (χ1n) is 16.6. The van der Waals surface area contributed by atoms with Crippen LogP contribution in [0.2, 0.25) is 0 Å². The van der Waals surface area contributed by atoms with Gasteiger partial charge in [-0.05, 0) is 67.4 Å². The molecule has 0 aliphatic rings. The van der Waals surface area contributed by atoms with Crippen LogP contribution >= 0.6 is 0 Å². The summed E-state index contributed by atoms with van der Waals surface area (Å²) in [7, 11) is 0. The highest BCUT2D eigenvalue weighted by atomic mass is 16.5. The molecule has 1 amide bonds. The summed E-state index contributed by atoms with van der Waals surface area (Å²) in [6.45, 7) is 2.47. The Morgan fingerprint density at radius 1 is 0.765 bits per heavy atom. The number of ketones is 1. The molecule has 6 rings (SSSR count). The van der Waals surface area contributed by atoms with Crippen LogP contribution in [-0.2, 0) is 12.8 Å². The van der Waals surface area contributed by atoms with Crippen LogP contribution in [-0.4, -0.2) is 46.9 Å². The van der Waals surface area contributed by atoms with Crippen molar-refractivity contribution in [1.82, 2.24) is 10.3 Å². The summed E-state index contributed by atoms with van der Waals surface area (Å²) in [6.07, 6.45) is 1.07. The molecule has 0 unspecified atom stereocenters. The van der Waals surface area contributed by atoms with Gasteiger partial charge < -0.3 is 24.9 Å². The lowest BCUT2D eigenvalue weighted by atomic mass is 10.00. The van der Waals surface area contributed by atoms with Crippen LogP contribution in [0.1, 0.15) is 53.7 Å². The molecule has 256 valence electrons. The van der Waals surface area contributed by atoms with E-state index in [1.165, 1.54) is 12.1 Å². The van der Waals surface area contributed by atoms with Gasteiger partial charge in [-0.15, -0.1) is 0 Å². The van der Waals surface area contributed by atoms with Crippen LogP contribution < -0.4 is 15.4 Å². The topological polar surface area (TPSA) is 131 Å². The molecule has 1 atom stereocenters. The van der Waals surface area contributed by atoms with Crippen LogP contribution in [0.4, 0.5) is 5.69 Å². The Balaban J connectivity index is 1.15. The Morgan fingerprint density at radius 2 is 1.39 bits per heavy atom. The largest absolute Gasteiger partial charge is 0.493 e. The third-order valence-electron chi connectivity index (χ3n) is 8.40. The summed E-state index contributed by atoms with van der Waals surface area (Å²) in [6, 6.07) is 39.5. The Hall–Kier alpha value is -6.48. The van der Waals surface area contributed by atoms with Crippen molar-refractivity contribution in [3.05, 3.63) is 173 Å². The second kappa shape index (κ2) is 16.3. The van der Waals surface area contributed by atoms with Gasteiger partial charge in [0.25, 0.3) is 5.91 Å². The number of nitrogens with zero attached hydrogens (tertiary/aromatic N) is 1. The first kappa shape index (κ1) is 34.4. The second-order valence-corrected chi connectivity index (χ2v) is 12.0. The van der Waals surface area contributed by atoms with Crippen molar-refractivity contribution in [2.24, 2.45) is 0 Å². The lowest BCUT2D eigenvalue weighted by molar-refractivity contribution is 0.0690. The van der Waals surface area contributed by atoms with Gasteiger partial charge in [0.05, 0.1) is 23.4 Å². The van der Waals surface area contributed by atoms with E-state index in [0.29, 0.717) is 47.9 Å². The zero-order chi connectivity index (χ0) is 35.6. The fourth-order valence-corrected chi connectivity index (χ4v) is 5.76. The highest BCUT2D eigenvalue weighted by Gasteiger charge is 2.20. The monoisotopic (exact) mass is 679 g/mol. The number of rotatable bonds is 15. The summed E-state index contributed by atoms with van der Waals surface area (Å²) < 4.78 is 11.9. The van der Waals surface area contributed by atoms with Crippen molar-refractivity contribution in [1.29, 1.82) is 0 Å². The van der Waals surface area contributed by atoms with Crippen LogP contribution in [0.25, 0.3) is 11.5 Å². The third-order valence-corrected chi connectivity index (χ3v) is 8.40. The van der Waals surface area contributed by atoms with Crippen molar-refractivity contribution in [2.45, 2.75) is 25.8 Å². The Bertz CT molecular complexity index is 2110. The van der Waals surface area contributed by atoms with E-state index in [0.717, 1.165) is 22.6 Å². The Morgan fingerprint density at radius 3 is 2.10 bits per heavy atom. The summed E-state index contributed by atoms with van der Waals surface area (Å²) in [5.74, 6) is 0.233. The standard InChI is InChI=1S/C42H37N3O6/c1-28-37(45-41(51-28)31-14-6-3-7-15-31)24-25-50-33-22-20-29(21-23-33)26-32(27-43-40(47)34-16-8-9-17-35(34)42(48)49)44-38-19-11-10-18-36(38)39(46)30-12-4-2-5-13-30/h2-23,32,44H,24-27H2,1H3,(H,43,47)(H,48,49)/t32-/m0/s1. The first-order valence-corrected chi connectivity index (χ1v) is 16.6. The van der Waals surface area contributed by atoms with E-state index >= 15 is 0 Å². The molecule has 9 nitrogen and oxygen atoms in total. The number of carboxylic acids is 1. The maximum Gasteiger partial charge on any atom is 0.336 e. The minimum absolute atomic E-state index is 0.0713. The van der Waals surface area contributed by atoms with Gasteiger partial charge in [0, 0.05) is 41.4 Å². The molecule has 0 radical (unpaired) electrons. The minimum Gasteiger partial charge on any atom is -0.493 e. The van der Waals surface area contributed by atoms with Gasteiger partial charge in [0.1, 0.15) is 11.5 Å². The molecule has 3 N–H and O–H groups in total. The van der Waals surface area contributed by atoms with Crippen molar-refractivity contribution in [2.75, 3.05) is 18.5 Å².